The monoisotopic (exact) mass is 264 g/mol. The maximum absolute atomic E-state index is 12.6. The molecule has 2 fully saturated rings. The van der Waals surface area contributed by atoms with Crippen LogP contribution in [0.2, 0.25) is 0 Å². The van der Waals surface area contributed by atoms with E-state index in [-0.39, 0.29) is 5.92 Å². The van der Waals surface area contributed by atoms with Gasteiger partial charge in [-0.15, -0.1) is 0 Å². The van der Waals surface area contributed by atoms with Crippen LogP contribution in [0.1, 0.15) is 71.1 Å². The Hall–Kier alpha value is -0.790. The zero-order chi connectivity index (χ0) is 13.7. The van der Waals surface area contributed by atoms with Crippen LogP contribution >= 0.6 is 0 Å². The van der Waals surface area contributed by atoms with Crippen molar-refractivity contribution < 1.29 is 9.53 Å². The molecule has 2 saturated carbocycles. The van der Waals surface area contributed by atoms with Gasteiger partial charge >= 0.3 is 0 Å². The molecule has 2 heteroatoms. The zero-order valence-electron chi connectivity index (χ0n) is 12.5. The number of methoxy groups -OCH3 is 1. The van der Waals surface area contributed by atoms with E-state index in [1.807, 2.05) is 6.92 Å². The predicted molar refractivity (Wildman–Crippen MR) is 77.9 cm³/mol. The van der Waals surface area contributed by atoms with Crippen molar-refractivity contribution in [3.05, 3.63) is 11.3 Å². The molecule has 2 nitrogen and oxygen atoms in total. The summed E-state index contributed by atoms with van der Waals surface area (Å²) < 4.78 is 5.62. The van der Waals surface area contributed by atoms with E-state index >= 15 is 0 Å². The zero-order valence-corrected chi connectivity index (χ0v) is 12.5. The summed E-state index contributed by atoms with van der Waals surface area (Å²) in [6, 6.07) is 0. The number of hydrogen-bond donors (Lipinski definition) is 0. The number of rotatable bonds is 4. The first-order chi connectivity index (χ1) is 9.24. The third-order valence-corrected chi connectivity index (χ3v) is 4.91. The summed E-state index contributed by atoms with van der Waals surface area (Å²) >= 11 is 0. The van der Waals surface area contributed by atoms with Crippen molar-refractivity contribution in [2.75, 3.05) is 7.11 Å². The van der Waals surface area contributed by atoms with Gasteiger partial charge in [-0.05, 0) is 32.6 Å². The van der Waals surface area contributed by atoms with Gasteiger partial charge < -0.3 is 4.74 Å². The largest absolute Gasteiger partial charge is 0.500 e. The quantitative estimate of drug-likeness (QED) is 0.546. The Morgan fingerprint density at radius 3 is 1.79 bits per heavy atom. The third kappa shape index (κ3) is 3.61. The molecule has 0 aliphatic heterocycles. The Bertz CT molecular complexity index is 331. The van der Waals surface area contributed by atoms with Gasteiger partial charge in [0.2, 0.25) is 0 Å². The third-order valence-electron chi connectivity index (χ3n) is 4.91. The SMILES string of the molecule is CO/C(=C(/C)C(=O)C1CCCCC1)C1CCCCC1. The Labute approximate surface area is 117 Å². The number of ether oxygens (including phenoxy) is 1. The van der Waals surface area contributed by atoms with Crippen molar-refractivity contribution in [2.45, 2.75) is 71.1 Å². The predicted octanol–water partition coefficient (Wildman–Crippen LogP) is 4.64. The van der Waals surface area contributed by atoms with Crippen LogP contribution in [0.4, 0.5) is 0 Å². The number of carbonyl (C=O) groups is 1. The molecule has 0 radical (unpaired) electrons. The molecule has 0 heterocycles. The van der Waals surface area contributed by atoms with Crippen LogP contribution in [-0.4, -0.2) is 12.9 Å². The fourth-order valence-electron chi connectivity index (χ4n) is 3.78. The van der Waals surface area contributed by atoms with Gasteiger partial charge in [0.05, 0.1) is 7.11 Å². The lowest BCUT2D eigenvalue weighted by Gasteiger charge is -2.27. The highest BCUT2D eigenvalue weighted by Crippen LogP contribution is 2.34. The van der Waals surface area contributed by atoms with E-state index in [0.717, 1.165) is 24.2 Å². The molecule has 0 atom stereocenters. The van der Waals surface area contributed by atoms with E-state index in [0.29, 0.717) is 11.7 Å². The van der Waals surface area contributed by atoms with Crippen molar-refractivity contribution in [3.63, 3.8) is 0 Å². The molecule has 2 aliphatic rings. The lowest BCUT2D eigenvalue weighted by atomic mass is 9.81. The van der Waals surface area contributed by atoms with Crippen LogP contribution in [0.25, 0.3) is 0 Å². The summed E-state index contributed by atoms with van der Waals surface area (Å²) in [4.78, 5) is 12.6. The molecular formula is C17H28O2. The first-order valence-electron chi connectivity index (χ1n) is 8.03. The molecular weight excluding hydrogens is 236 g/mol. The van der Waals surface area contributed by atoms with Crippen molar-refractivity contribution in [3.8, 4) is 0 Å². The Balaban J connectivity index is 2.09. The van der Waals surface area contributed by atoms with Crippen molar-refractivity contribution in [1.29, 1.82) is 0 Å². The second kappa shape index (κ2) is 7.12. The molecule has 0 unspecified atom stereocenters. The maximum Gasteiger partial charge on any atom is 0.165 e. The minimum absolute atomic E-state index is 0.266. The number of hydrogen-bond acceptors (Lipinski definition) is 2. The molecule has 2 aliphatic carbocycles. The van der Waals surface area contributed by atoms with Crippen LogP contribution in [0.15, 0.2) is 11.3 Å². The standard InChI is InChI=1S/C17H28O2/c1-13(16(18)14-9-5-3-6-10-14)17(19-2)15-11-7-4-8-12-15/h14-15H,3-12H2,1-2H3/b17-13-. The number of allylic oxidation sites excluding steroid dienone is 2. The van der Waals surface area contributed by atoms with E-state index in [1.165, 1.54) is 51.4 Å². The fraction of sp³-hybridized carbons (Fsp3) is 0.824. The van der Waals surface area contributed by atoms with E-state index in [2.05, 4.69) is 0 Å². The van der Waals surface area contributed by atoms with E-state index in [4.69, 9.17) is 4.74 Å². The molecule has 0 aromatic heterocycles. The lowest BCUT2D eigenvalue weighted by Crippen LogP contribution is -2.22. The fourth-order valence-corrected chi connectivity index (χ4v) is 3.78. The number of Topliss-reactive ketones (excluding diaryl/α,β-unsaturated/α-hetero) is 1. The summed E-state index contributed by atoms with van der Waals surface area (Å²) in [7, 11) is 1.74. The molecule has 0 aromatic rings. The first kappa shape index (κ1) is 14.6. The average molecular weight is 264 g/mol. The van der Waals surface area contributed by atoms with Gasteiger partial charge in [-0.25, -0.2) is 0 Å². The van der Waals surface area contributed by atoms with Gasteiger partial charge in [0.1, 0.15) is 5.76 Å². The van der Waals surface area contributed by atoms with Gasteiger partial charge in [-0.2, -0.15) is 0 Å². The summed E-state index contributed by atoms with van der Waals surface area (Å²) in [5.41, 5.74) is 0.918. The minimum atomic E-state index is 0.266. The molecule has 108 valence electrons. The van der Waals surface area contributed by atoms with Crippen LogP contribution in [0.3, 0.4) is 0 Å². The molecule has 0 saturated heterocycles. The Morgan fingerprint density at radius 2 is 1.32 bits per heavy atom. The molecule has 0 spiro atoms. The molecule has 19 heavy (non-hydrogen) atoms. The molecule has 0 bridgehead atoms. The Kier molecular flexibility index (Phi) is 5.47. The molecule has 0 aromatic carbocycles. The molecule has 0 amide bonds. The van der Waals surface area contributed by atoms with Gasteiger partial charge in [-0.1, -0.05) is 38.5 Å². The normalized spacial score (nSPS) is 23.9. The topological polar surface area (TPSA) is 26.3 Å². The van der Waals surface area contributed by atoms with E-state index in [1.54, 1.807) is 7.11 Å². The van der Waals surface area contributed by atoms with Gasteiger partial charge in [0.15, 0.2) is 5.78 Å². The van der Waals surface area contributed by atoms with Crippen molar-refractivity contribution >= 4 is 5.78 Å². The van der Waals surface area contributed by atoms with Crippen molar-refractivity contribution in [2.24, 2.45) is 11.8 Å². The van der Waals surface area contributed by atoms with Gasteiger partial charge in [0.25, 0.3) is 0 Å². The van der Waals surface area contributed by atoms with Crippen molar-refractivity contribution in [1.82, 2.24) is 0 Å². The highest BCUT2D eigenvalue weighted by Gasteiger charge is 2.27. The minimum Gasteiger partial charge on any atom is -0.500 e. The van der Waals surface area contributed by atoms with Gasteiger partial charge in [-0.3, -0.25) is 4.79 Å². The highest BCUT2D eigenvalue weighted by atomic mass is 16.5. The second-order valence-electron chi connectivity index (χ2n) is 6.23. The summed E-state index contributed by atoms with van der Waals surface area (Å²) in [5.74, 6) is 2.12. The van der Waals surface area contributed by atoms with Crippen LogP contribution in [-0.2, 0) is 9.53 Å². The maximum atomic E-state index is 12.6. The summed E-state index contributed by atoms with van der Waals surface area (Å²) in [6.07, 6.45) is 12.2. The molecule has 2 rings (SSSR count). The smallest absolute Gasteiger partial charge is 0.165 e. The lowest BCUT2D eigenvalue weighted by molar-refractivity contribution is -0.120. The first-order valence-corrected chi connectivity index (χ1v) is 8.03. The second-order valence-corrected chi connectivity index (χ2v) is 6.23. The average Bonchev–Trinajstić information content (AvgIpc) is 2.49. The van der Waals surface area contributed by atoms with Crippen LogP contribution < -0.4 is 0 Å². The van der Waals surface area contributed by atoms with E-state index in [9.17, 15) is 4.79 Å². The number of carbonyl (C=O) groups excluding carboxylic acids is 1. The summed E-state index contributed by atoms with van der Waals surface area (Å²) in [5, 5.41) is 0. The number of ketones is 1. The van der Waals surface area contributed by atoms with Crippen LogP contribution in [0.5, 0.6) is 0 Å². The Morgan fingerprint density at radius 1 is 0.842 bits per heavy atom. The van der Waals surface area contributed by atoms with Gasteiger partial charge in [0, 0.05) is 17.4 Å². The van der Waals surface area contributed by atoms with E-state index < -0.39 is 0 Å². The summed E-state index contributed by atoms with van der Waals surface area (Å²) in [6.45, 7) is 1.99. The highest BCUT2D eigenvalue weighted by molar-refractivity contribution is 5.97. The molecule has 0 N–H and O–H groups in total. The van der Waals surface area contributed by atoms with Crippen LogP contribution in [0, 0.1) is 11.8 Å².